The molecule has 0 radical (unpaired) electrons. The summed E-state index contributed by atoms with van der Waals surface area (Å²) in [5, 5.41) is 26.8. The molecule has 0 aliphatic rings. The molecular weight excluding hydrogens is 911 g/mol. The van der Waals surface area contributed by atoms with Crippen LogP contribution in [0.5, 0.6) is 0 Å². The Kier molecular flexibility index (Phi) is 66.4. The van der Waals surface area contributed by atoms with Crippen LogP contribution in [0, 0.1) is 0 Å². The average molecular weight is 1030 g/mol. The van der Waals surface area contributed by atoms with Crippen molar-refractivity contribution < 1.29 is 26.7 Å². The Morgan fingerprint density at radius 1 is 0.386 bits per heavy atom. The number of nitrogens with two attached hydrogens (primary N) is 7. The van der Waals surface area contributed by atoms with E-state index >= 15 is 0 Å². The Labute approximate surface area is 435 Å². The minimum absolute atomic E-state index is 0.156. The van der Waals surface area contributed by atoms with Crippen molar-refractivity contribution >= 4 is 24.6 Å². The van der Waals surface area contributed by atoms with E-state index in [1.807, 2.05) is 0 Å². The zero-order chi connectivity index (χ0) is 53.7. The predicted molar refractivity (Wildman–Crippen MR) is 301 cm³/mol. The summed E-state index contributed by atoms with van der Waals surface area (Å²) in [4.78, 5) is 32.3. The molecule has 0 fully saturated rings. The van der Waals surface area contributed by atoms with Gasteiger partial charge in [0.15, 0.2) is 0 Å². The van der Waals surface area contributed by atoms with E-state index in [4.69, 9.17) is 57.3 Å². The first-order chi connectivity index (χ1) is 34.6. The standard InChI is InChI=1S/C28H73N15.C18H36O2.C3H6O2S.H2O/c29-1-8-36-11-18-41(23-21-39(14-4-32)15-5-33)25-27-43(20-13-38-10-3-31)28-26-42(19-12-37-9-2-30)24-22-40(16-6-34)17-7-35;1-2-3-4-5-6-7-8-9-10-11-12-13-14-15-16-17-18(19)20;4-3(5)1-2-6;/h36-38H,1-35H2;2-17H2,1H3,(H,19,20);6H,1-2H2,(H,4,5);1H2/i/hD. The molecule has 0 spiro atoms. The van der Waals surface area contributed by atoms with Crippen LogP contribution in [-0.2, 0) is 9.59 Å². The van der Waals surface area contributed by atoms with Crippen LogP contribution in [0.3, 0.4) is 0 Å². The van der Waals surface area contributed by atoms with E-state index in [0.717, 1.165) is 150 Å². The molecule has 20 nitrogen and oxygen atoms in total. The third-order valence-corrected chi connectivity index (χ3v) is 12.0. The Bertz CT molecular complexity index is 981. The highest BCUT2D eigenvalue weighted by atomic mass is 32.1. The van der Waals surface area contributed by atoms with Gasteiger partial charge in [0.1, 0.15) is 0 Å². The van der Waals surface area contributed by atoms with Gasteiger partial charge in [0.2, 0.25) is 1.43 Å². The van der Waals surface area contributed by atoms with Gasteiger partial charge < -0.3 is 71.8 Å². The zero-order valence-electron chi connectivity index (χ0n) is 45.9. The van der Waals surface area contributed by atoms with Crippen LogP contribution in [0.4, 0.5) is 0 Å². The summed E-state index contributed by atoms with van der Waals surface area (Å²) < 4.78 is 4.75. The fourth-order valence-electron chi connectivity index (χ4n) is 7.67. The van der Waals surface area contributed by atoms with Gasteiger partial charge in [-0.3, -0.25) is 34.1 Å². The zero-order valence-corrected chi connectivity index (χ0v) is 45.8. The number of aliphatic carboxylic acids is 2. The van der Waals surface area contributed by atoms with Gasteiger partial charge in [-0.15, -0.1) is 0 Å². The number of thiol groups is 1. The second kappa shape index (κ2) is 63.8. The summed E-state index contributed by atoms with van der Waals surface area (Å²) in [6.45, 7) is 26.5. The Morgan fingerprint density at radius 3 is 0.829 bits per heavy atom. The number of nitrogens with zero attached hydrogens (tertiary/aromatic N) is 5. The maximum absolute atomic E-state index is 10.3. The lowest BCUT2D eigenvalue weighted by atomic mass is 10.0. The molecule has 0 atom stereocenters. The van der Waals surface area contributed by atoms with Gasteiger partial charge in [-0.2, -0.15) is 12.6 Å². The summed E-state index contributed by atoms with van der Waals surface area (Å²) >= 11 is 3.68. The molecule has 21 heteroatoms. The molecule has 70 heavy (non-hydrogen) atoms. The molecule has 0 aromatic rings. The Morgan fingerprint density at radius 2 is 0.629 bits per heavy atom. The van der Waals surface area contributed by atoms with Crippen molar-refractivity contribution in [1.82, 2.24) is 40.4 Å². The average Bonchev–Trinajstić information content (AvgIpc) is 3.36. The lowest BCUT2D eigenvalue weighted by Gasteiger charge is -2.32. The maximum atomic E-state index is 10.3. The molecule has 0 amide bonds. The molecule has 0 bridgehead atoms. The summed E-state index contributed by atoms with van der Waals surface area (Å²) in [7, 11) is 0. The Balaban J connectivity index is -0.000000658. The highest BCUT2D eigenvalue weighted by molar-refractivity contribution is 7.80. The molecule has 0 heterocycles. The Hall–Kier alpha value is -1.35. The summed E-state index contributed by atoms with van der Waals surface area (Å²) in [5.74, 6) is -1.01. The highest BCUT2D eigenvalue weighted by Gasteiger charge is 2.15. The fraction of sp³-hybridized carbons (Fsp3) is 0.959. The maximum Gasteiger partial charge on any atom is 0.304 e. The van der Waals surface area contributed by atoms with Gasteiger partial charge in [-0.25, -0.2) is 0 Å². The molecule has 0 aromatic heterocycles. The van der Waals surface area contributed by atoms with Gasteiger partial charge in [-0.05, 0) is 6.42 Å². The second-order valence-electron chi connectivity index (χ2n) is 17.9. The lowest BCUT2D eigenvalue weighted by molar-refractivity contribution is -0.137. The van der Waals surface area contributed by atoms with Crippen LogP contribution < -0.4 is 56.1 Å². The van der Waals surface area contributed by atoms with E-state index < -0.39 is 11.9 Å². The van der Waals surface area contributed by atoms with E-state index in [0.29, 0.717) is 58.0 Å². The third kappa shape index (κ3) is 61.0. The molecule has 0 aliphatic heterocycles. The van der Waals surface area contributed by atoms with Crippen molar-refractivity contribution in [2.75, 3.05) is 189 Å². The van der Waals surface area contributed by atoms with Gasteiger partial charge in [0.05, 0.1) is 6.42 Å². The smallest absolute Gasteiger partial charge is 0.304 e. The molecule has 0 saturated heterocycles. The molecular formula is C49H117N15O5S. The van der Waals surface area contributed by atoms with Crippen molar-refractivity contribution in [3.05, 3.63) is 0 Å². The number of carboxylic acids is 2. The highest BCUT2D eigenvalue weighted by Crippen LogP contribution is 2.13. The molecule has 424 valence electrons. The molecule has 0 unspecified atom stereocenters. The van der Waals surface area contributed by atoms with E-state index in [9.17, 15) is 9.59 Å². The number of unbranched alkanes of at least 4 members (excludes halogenated alkanes) is 14. The van der Waals surface area contributed by atoms with Gasteiger partial charge in [-0.1, -0.05) is 96.8 Å². The monoisotopic (exact) mass is 1030 g/mol. The number of carbonyl (C=O) groups is 2. The first kappa shape index (κ1) is 72.9. The first-order valence-electron chi connectivity index (χ1n) is 27.8. The molecule has 21 N–H and O–H groups in total. The van der Waals surface area contributed by atoms with E-state index in [-0.39, 0.29) is 6.42 Å². The van der Waals surface area contributed by atoms with Crippen molar-refractivity contribution in [1.29, 1.82) is 0 Å². The van der Waals surface area contributed by atoms with Crippen molar-refractivity contribution in [3.8, 4) is 0 Å². The van der Waals surface area contributed by atoms with Crippen LogP contribution in [0.2, 0.25) is 0 Å². The summed E-state index contributed by atoms with van der Waals surface area (Å²) in [5.41, 5.74) is 46.8. The van der Waals surface area contributed by atoms with E-state index in [2.05, 4.69) is 60.0 Å². The van der Waals surface area contributed by atoms with Crippen LogP contribution in [0.1, 0.15) is 118 Å². The largest absolute Gasteiger partial charge is 0.481 e. The topological polar surface area (TPSA) is 341 Å². The van der Waals surface area contributed by atoms with E-state index in [1.165, 1.54) is 83.5 Å². The normalized spacial score (nSPS) is 11.4. The number of rotatable bonds is 53. The number of carboxylic acid groups (broad SMARTS) is 2. The van der Waals surface area contributed by atoms with Gasteiger partial charge in [0, 0.05) is 195 Å². The van der Waals surface area contributed by atoms with Crippen LogP contribution in [0.25, 0.3) is 0 Å². The van der Waals surface area contributed by atoms with Crippen molar-refractivity contribution in [3.63, 3.8) is 0 Å². The van der Waals surface area contributed by atoms with E-state index in [1.54, 1.807) is 0 Å². The summed E-state index contributed by atoms with van der Waals surface area (Å²) in [6.07, 6.45) is 20.4. The molecule has 0 aromatic carbocycles. The third-order valence-electron chi connectivity index (χ3n) is 11.8. The molecule has 0 saturated carbocycles. The minimum atomic E-state index is -0.787. The first-order valence-corrected chi connectivity index (χ1v) is 27.9. The lowest BCUT2D eigenvalue weighted by Crippen LogP contribution is -2.47. The van der Waals surface area contributed by atoms with Crippen molar-refractivity contribution in [2.24, 2.45) is 40.1 Å². The van der Waals surface area contributed by atoms with Crippen LogP contribution in [-0.4, -0.2) is 241 Å². The van der Waals surface area contributed by atoms with Crippen molar-refractivity contribution in [2.45, 2.75) is 116 Å². The summed E-state index contributed by atoms with van der Waals surface area (Å²) in [6, 6.07) is 0. The van der Waals surface area contributed by atoms with Crippen LogP contribution >= 0.6 is 12.6 Å². The van der Waals surface area contributed by atoms with Crippen LogP contribution in [0.15, 0.2) is 0 Å². The number of nitrogens with one attached hydrogen (secondary N) is 3. The quantitative estimate of drug-likeness (QED) is 0.0279. The predicted octanol–water partition coefficient (Wildman–Crippen LogP) is -0.125. The minimum Gasteiger partial charge on any atom is -0.481 e. The fourth-order valence-corrected chi connectivity index (χ4v) is 7.87. The SMILES string of the molecule is CCCCCCCCCCCCCCCCCC(=O)O.NCCNCCN(CCN(CCN)CCN)CCN(CCNCCN)CCN(CCNCCN)CCN(CCN)CCN.O=C(O)CCS.[2H]O. The number of hydrogen-bond donors (Lipinski definition) is 13. The number of hydrogen-bond acceptors (Lipinski definition) is 18. The molecule has 0 rings (SSSR count). The molecule has 0 aliphatic carbocycles. The van der Waals surface area contributed by atoms with Gasteiger partial charge in [0.25, 0.3) is 0 Å². The van der Waals surface area contributed by atoms with Gasteiger partial charge >= 0.3 is 11.9 Å². The second-order valence-corrected chi connectivity index (χ2v) is 18.4.